The molecule has 23 heavy (non-hydrogen) atoms. The zero-order valence-corrected chi connectivity index (χ0v) is 12.7. The molecule has 1 atom stereocenters. The summed E-state index contributed by atoms with van der Waals surface area (Å²) in [5.74, 6) is -1.13. The maximum atomic E-state index is 14.2. The topological polar surface area (TPSA) is 52.6 Å². The summed E-state index contributed by atoms with van der Waals surface area (Å²) >= 11 is 0. The molecule has 0 aliphatic carbocycles. The maximum absolute atomic E-state index is 14.2. The van der Waals surface area contributed by atoms with E-state index in [0.717, 1.165) is 25.9 Å². The smallest absolute Gasteiger partial charge is 0.257 e. The Morgan fingerprint density at radius 1 is 1.09 bits per heavy atom. The Morgan fingerprint density at radius 2 is 1.78 bits per heavy atom. The molecule has 0 saturated carbocycles. The zero-order valence-electron chi connectivity index (χ0n) is 12.7. The molecule has 2 aromatic rings. The third-order valence-corrected chi connectivity index (χ3v) is 4.05. The summed E-state index contributed by atoms with van der Waals surface area (Å²) in [6.07, 6.45) is 0.773. The first-order valence-electron chi connectivity index (χ1n) is 7.74. The van der Waals surface area contributed by atoms with E-state index in [-0.39, 0.29) is 5.69 Å². The van der Waals surface area contributed by atoms with Crippen molar-refractivity contribution in [3.05, 3.63) is 59.9 Å². The highest BCUT2D eigenvalue weighted by atomic mass is 19.1. The first-order chi connectivity index (χ1) is 11.2. The molecular formula is C18H19FN2O2. The maximum Gasteiger partial charge on any atom is 0.257 e. The van der Waals surface area contributed by atoms with Crippen molar-refractivity contribution in [2.75, 3.05) is 23.3 Å². The second-order valence-corrected chi connectivity index (χ2v) is 5.63. The fraction of sp³-hybridized carbons (Fsp3) is 0.278. The van der Waals surface area contributed by atoms with Gasteiger partial charge in [-0.15, -0.1) is 0 Å². The summed E-state index contributed by atoms with van der Waals surface area (Å²) in [7, 11) is 0. The summed E-state index contributed by atoms with van der Waals surface area (Å²) in [5.41, 5.74) is 1.27. The van der Waals surface area contributed by atoms with Gasteiger partial charge in [-0.1, -0.05) is 36.4 Å². The molecule has 1 fully saturated rings. The highest BCUT2D eigenvalue weighted by Crippen LogP contribution is 2.32. The summed E-state index contributed by atoms with van der Waals surface area (Å²) < 4.78 is 14.2. The van der Waals surface area contributed by atoms with Crippen molar-refractivity contribution in [3.8, 4) is 0 Å². The lowest BCUT2D eigenvalue weighted by Gasteiger charge is -2.22. The fourth-order valence-corrected chi connectivity index (χ4v) is 2.84. The lowest BCUT2D eigenvalue weighted by atomic mass is 10.1. The molecule has 3 rings (SSSR count). The molecule has 0 spiro atoms. The second kappa shape index (κ2) is 6.79. The first kappa shape index (κ1) is 15.5. The Morgan fingerprint density at radius 3 is 2.48 bits per heavy atom. The van der Waals surface area contributed by atoms with Gasteiger partial charge in [-0.25, -0.2) is 4.39 Å². The molecule has 0 aromatic heterocycles. The minimum absolute atomic E-state index is 0.134. The largest absolute Gasteiger partial charge is 0.378 e. The normalized spacial score (nSPS) is 15.5. The summed E-state index contributed by atoms with van der Waals surface area (Å²) in [6.45, 7) is 1.68. The van der Waals surface area contributed by atoms with Crippen LogP contribution in [0.2, 0.25) is 0 Å². The number of halogens is 1. The van der Waals surface area contributed by atoms with Crippen molar-refractivity contribution in [1.82, 2.24) is 0 Å². The lowest BCUT2D eigenvalue weighted by Crippen LogP contribution is -2.25. The number of aliphatic hydroxyl groups excluding tert-OH is 1. The number of anilines is 2. The van der Waals surface area contributed by atoms with Crippen molar-refractivity contribution in [3.63, 3.8) is 0 Å². The monoisotopic (exact) mass is 314 g/mol. The van der Waals surface area contributed by atoms with Gasteiger partial charge in [-0.2, -0.15) is 0 Å². The Hall–Kier alpha value is -2.40. The van der Waals surface area contributed by atoms with Gasteiger partial charge in [0.05, 0.1) is 5.69 Å². The van der Waals surface area contributed by atoms with Gasteiger partial charge in [0.15, 0.2) is 6.10 Å². The quantitative estimate of drug-likeness (QED) is 0.912. The average molecular weight is 314 g/mol. The van der Waals surface area contributed by atoms with E-state index in [2.05, 4.69) is 5.32 Å². The highest BCUT2D eigenvalue weighted by Gasteiger charge is 2.23. The molecule has 1 aliphatic rings. The number of nitrogens with zero attached hydrogens (tertiary/aromatic N) is 1. The van der Waals surface area contributed by atoms with Crippen LogP contribution in [-0.2, 0) is 4.79 Å². The molecule has 1 amide bonds. The first-order valence-corrected chi connectivity index (χ1v) is 7.74. The number of benzene rings is 2. The molecule has 4 nitrogen and oxygen atoms in total. The highest BCUT2D eigenvalue weighted by molar-refractivity contribution is 5.97. The summed E-state index contributed by atoms with van der Waals surface area (Å²) in [6, 6.07) is 13.3. The van der Waals surface area contributed by atoms with Crippen LogP contribution < -0.4 is 10.2 Å². The Bertz CT molecular complexity index is 685. The number of para-hydroxylation sites is 1. The second-order valence-electron chi connectivity index (χ2n) is 5.63. The molecule has 1 unspecified atom stereocenters. The van der Waals surface area contributed by atoms with E-state index in [0.29, 0.717) is 11.3 Å². The van der Waals surface area contributed by atoms with Crippen LogP contribution in [0.15, 0.2) is 48.5 Å². The molecule has 5 heteroatoms. The van der Waals surface area contributed by atoms with E-state index in [9.17, 15) is 14.3 Å². The van der Waals surface area contributed by atoms with Gasteiger partial charge < -0.3 is 15.3 Å². The number of hydrogen-bond donors (Lipinski definition) is 2. The van der Waals surface area contributed by atoms with Crippen molar-refractivity contribution in [2.45, 2.75) is 18.9 Å². The van der Waals surface area contributed by atoms with Crippen LogP contribution in [0.3, 0.4) is 0 Å². The SMILES string of the molecule is O=C(Nc1c(F)cccc1N1CCCC1)C(O)c1ccccc1. The molecule has 0 bridgehead atoms. The van der Waals surface area contributed by atoms with Crippen molar-refractivity contribution in [2.24, 2.45) is 0 Å². The zero-order chi connectivity index (χ0) is 16.2. The van der Waals surface area contributed by atoms with Crippen LogP contribution in [0.25, 0.3) is 0 Å². The molecule has 1 aliphatic heterocycles. The molecule has 2 aromatic carbocycles. The minimum Gasteiger partial charge on any atom is -0.378 e. The van der Waals surface area contributed by atoms with Gasteiger partial charge in [0, 0.05) is 13.1 Å². The molecule has 120 valence electrons. The molecule has 0 radical (unpaired) electrons. The number of amides is 1. The van der Waals surface area contributed by atoms with Gasteiger partial charge in [0.25, 0.3) is 5.91 Å². The van der Waals surface area contributed by atoms with Crippen molar-refractivity contribution < 1.29 is 14.3 Å². The number of hydrogen-bond acceptors (Lipinski definition) is 3. The standard InChI is InChI=1S/C18H19FN2O2/c19-14-9-6-10-15(21-11-4-5-12-21)16(14)20-18(23)17(22)13-7-2-1-3-8-13/h1-3,6-10,17,22H,4-5,11-12H2,(H,20,23). The third kappa shape index (κ3) is 3.35. The van der Waals surface area contributed by atoms with Crippen molar-refractivity contribution >= 4 is 17.3 Å². The number of rotatable bonds is 4. The van der Waals surface area contributed by atoms with Gasteiger partial charge in [0.2, 0.25) is 0 Å². The molecular weight excluding hydrogens is 295 g/mol. The van der Waals surface area contributed by atoms with Gasteiger partial charge in [0.1, 0.15) is 11.5 Å². The van der Waals surface area contributed by atoms with E-state index in [1.807, 2.05) is 4.90 Å². The molecule has 1 saturated heterocycles. The minimum atomic E-state index is -1.33. The Balaban J connectivity index is 1.83. The van der Waals surface area contributed by atoms with E-state index in [1.165, 1.54) is 6.07 Å². The number of nitrogens with one attached hydrogen (secondary N) is 1. The van der Waals surface area contributed by atoms with E-state index in [1.54, 1.807) is 42.5 Å². The Labute approximate surface area is 134 Å². The fourth-order valence-electron chi connectivity index (χ4n) is 2.84. The van der Waals surface area contributed by atoms with E-state index >= 15 is 0 Å². The van der Waals surface area contributed by atoms with Crippen LogP contribution in [0.5, 0.6) is 0 Å². The number of carbonyl (C=O) groups excluding carboxylic acids is 1. The predicted molar refractivity (Wildman–Crippen MR) is 87.9 cm³/mol. The van der Waals surface area contributed by atoms with E-state index < -0.39 is 17.8 Å². The van der Waals surface area contributed by atoms with E-state index in [4.69, 9.17) is 0 Å². The molecule has 2 N–H and O–H groups in total. The Kier molecular flexibility index (Phi) is 4.57. The number of aliphatic hydroxyl groups is 1. The number of carbonyl (C=O) groups is 1. The average Bonchev–Trinajstić information content (AvgIpc) is 3.11. The van der Waals surface area contributed by atoms with Crippen LogP contribution in [0, 0.1) is 5.82 Å². The van der Waals surface area contributed by atoms with Crippen molar-refractivity contribution in [1.29, 1.82) is 0 Å². The van der Waals surface area contributed by atoms with Crippen LogP contribution in [-0.4, -0.2) is 24.1 Å². The summed E-state index contributed by atoms with van der Waals surface area (Å²) in [5, 5.41) is 12.7. The molecule has 1 heterocycles. The summed E-state index contributed by atoms with van der Waals surface area (Å²) in [4.78, 5) is 14.3. The van der Waals surface area contributed by atoms with Crippen LogP contribution >= 0.6 is 0 Å². The van der Waals surface area contributed by atoms with Gasteiger partial charge in [-0.05, 0) is 30.5 Å². The third-order valence-electron chi connectivity index (χ3n) is 4.05. The van der Waals surface area contributed by atoms with Crippen LogP contribution in [0.4, 0.5) is 15.8 Å². The van der Waals surface area contributed by atoms with Crippen LogP contribution in [0.1, 0.15) is 24.5 Å². The lowest BCUT2D eigenvalue weighted by molar-refractivity contribution is -0.124. The predicted octanol–water partition coefficient (Wildman–Crippen LogP) is 3.10. The van der Waals surface area contributed by atoms with Gasteiger partial charge in [-0.3, -0.25) is 4.79 Å². The van der Waals surface area contributed by atoms with Gasteiger partial charge >= 0.3 is 0 Å².